The van der Waals surface area contributed by atoms with Crippen LogP contribution < -0.4 is 4.74 Å². The number of rotatable bonds is 5. The number of methoxy groups -OCH3 is 1. The average molecular weight is 374 g/mol. The Morgan fingerprint density at radius 1 is 1.48 bits per heavy atom. The molecule has 1 amide bonds. The zero-order chi connectivity index (χ0) is 17.2. The van der Waals surface area contributed by atoms with E-state index in [1.807, 2.05) is 0 Å². The maximum Gasteiger partial charge on any atom is 0.266 e. The Kier molecular flexibility index (Phi) is 5.30. The molecule has 7 nitrogen and oxygen atoms in total. The Balaban J connectivity index is 2.21. The first-order valence-electron chi connectivity index (χ1n) is 6.27. The van der Waals surface area contributed by atoms with E-state index in [0.717, 1.165) is 16.7 Å². The number of nitrogens with zero attached hydrogens (tertiary/aromatic N) is 1. The molecular formula is C13H12NO6S3-. The van der Waals surface area contributed by atoms with Crippen LogP contribution in [-0.2, 0) is 14.9 Å². The van der Waals surface area contributed by atoms with Gasteiger partial charge in [0.1, 0.15) is 4.32 Å². The Morgan fingerprint density at radius 3 is 2.78 bits per heavy atom. The minimum Gasteiger partial charge on any atom is -0.748 e. The lowest BCUT2D eigenvalue weighted by molar-refractivity contribution is -0.121. The van der Waals surface area contributed by atoms with Crippen molar-refractivity contribution in [2.24, 2.45) is 0 Å². The highest BCUT2D eigenvalue weighted by Crippen LogP contribution is 2.34. The van der Waals surface area contributed by atoms with E-state index in [2.05, 4.69) is 0 Å². The van der Waals surface area contributed by atoms with Gasteiger partial charge in [-0.05, 0) is 23.8 Å². The van der Waals surface area contributed by atoms with Crippen LogP contribution in [0, 0.1) is 0 Å². The molecule has 1 heterocycles. The number of hydrogen-bond donors (Lipinski definition) is 1. The molecule has 0 atom stereocenters. The fourth-order valence-corrected chi connectivity index (χ4v) is 3.55. The van der Waals surface area contributed by atoms with E-state index in [4.69, 9.17) is 17.0 Å². The van der Waals surface area contributed by atoms with Crippen LogP contribution >= 0.6 is 24.0 Å². The summed E-state index contributed by atoms with van der Waals surface area (Å²) in [4.78, 5) is 13.6. The molecule has 1 aromatic rings. The first kappa shape index (κ1) is 17.7. The summed E-state index contributed by atoms with van der Waals surface area (Å²) < 4.78 is 37.2. The van der Waals surface area contributed by atoms with Crippen molar-refractivity contribution >= 4 is 50.4 Å². The van der Waals surface area contributed by atoms with Gasteiger partial charge in [0.15, 0.2) is 11.5 Å². The van der Waals surface area contributed by atoms with Crippen molar-refractivity contribution < 1.29 is 27.6 Å². The van der Waals surface area contributed by atoms with E-state index in [0.29, 0.717) is 10.5 Å². The molecule has 0 unspecified atom stereocenters. The number of carbonyl (C=O) groups excluding carboxylic acids is 1. The van der Waals surface area contributed by atoms with Gasteiger partial charge in [-0.15, -0.1) is 0 Å². The van der Waals surface area contributed by atoms with Crippen molar-refractivity contribution in [2.45, 2.75) is 0 Å². The van der Waals surface area contributed by atoms with Gasteiger partial charge in [-0.2, -0.15) is 0 Å². The smallest absolute Gasteiger partial charge is 0.266 e. The highest BCUT2D eigenvalue weighted by Gasteiger charge is 2.32. The molecule has 0 spiro atoms. The van der Waals surface area contributed by atoms with Crippen molar-refractivity contribution in [1.29, 1.82) is 0 Å². The number of thioether (sulfide) groups is 1. The standard InChI is InChI=1S/C13H13NO6S3/c1-20-10-6-8(2-3-9(10)15)7-11-12(16)14(13(21)22-11)4-5-23(17,18)19/h2-3,6-7,15H,4-5H2,1H3,(H,17,18,19)/p-1/b11-7+. The van der Waals surface area contributed by atoms with Gasteiger partial charge in [0.2, 0.25) is 0 Å². The molecule has 124 valence electrons. The third-order valence-corrected chi connectivity index (χ3v) is 5.00. The topological polar surface area (TPSA) is 107 Å². The van der Waals surface area contributed by atoms with Crippen molar-refractivity contribution in [3.8, 4) is 11.5 Å². The van der Waals surface area contributed by atoms with Crippen LogP contribution in [0.4, 0.5) is 0 Å². The van der Waals surface area contributed by atoms with Gasteiger partial charge in [-0.3, -0.25) is 9.69 Å². The zero-order valence-corrected chi connectivity index (χ0v) is 14.3. The molecule has 2 rings (SSSR count). The first-order valence-corrected chi connectivity index (χ1v) is 9.07. The number of aromatic hydroxyl groups is 1. The summed E-state index contributed by atoms with van der Waals surface area (Å²) >= 11 is 6.05. The van der Waals surface area contributed by atoms with E-state index in [1.54, 1.807) is 18.2 Å². The number of hydrogen-bond acceptors (Lipinski definition) is 8. The van der Waals surface area contributed by atoms with Crippen LogP contribution in [0.3, 0.4) is 0 Å². The largest absolute Gasteiger partial charge is 0.748 e. The van der Waals surface area contributed by atoms with Gasteiger partial charge in [-0.25, -0.2) is 8.42 Å². The number of thiocarbonyl (C=S) groups is 1. The second-order valence-corrected chi connectivity index (χ2v) is 7.73. The Bertz CT molecular complexity index is 787. The van der Waals surface area contributed by atoms with Crippen LogP contribution in [0.1, 0.15) is 5.56 Å². The molecule has 1 aromatic carbocycles. The van der Waals surface area contributed by atoms with Crippen molar-refractivity contribution in [1.82, 2.24) is 4.90 Å². The summed E-state index contributed by atoms with van der Waals surface area (Å²) in [5.41, 5.74) is 0.608. The molecule has 1 fully saturated rings. The third kappa shape index (κ3) is 4.44. The van der Waals surface area contributed by atoms with Crippen molar-refractivity contribution in [3.63, 3.8) is 0 Å². The van der Waals surface area contributed by atoms with E-state index in [9.17, 15) is 22.9 Å². The van der Waals surface area contributed by atoms with Gasteiger partial charge >= 0.3 is 0 Å². The summed E-state index contributed by atoms with van der Waals surface area (Å²) in [6.45, 7) is -0.271. The third-order valence-electron chi connectivity index (χ3n) is 2.94. The number of carbonyl (C=O) groups is 1. The summed E-state index contributed by atoms with van der Waals surface area (Å²) in [6, 6.07) is 4.56. The van der Waals surface area contributed by atoms with Crippen LogP contribution in [-0.4, -0.2) is 52.6 Å². The lowest BCUT2D eigenvalue weighted by Gasteiger charge is -2.15. The van der Waals surface area contributed by atoms with E-state index in [-0.39, 0.29) is 22.4 Å². The fourth-order valence-electron chi connectivity index (χ4n) is 1.83. The van der Waals surface area contributed by atoms with Crippen LogP contribution in [0.15, 0.2) is 23.1 Å². The van der Waals surface area contributed by atoms with E-state index in [1.165, 1.54) is 13.2 Å². The quantitative estimate of drug-likeness (QED) is 0.465. The fraction of sp³-hybridized carbons (Fsp3) is 0.231. The number of benzene rings is 1. The molecule has 23 heavy (non-hydrogen) atoms. The number of phenols is 1. The van der Waals surface area contributed by atoms with Crippen molar-refractivity contribution in [3.05, 3.63) is 28.7 Å². The number of phenolic OH excluding ortho intramolecular Hbond substituents is 1. The molecule has 0 aromatic heterocycles. The highest BCUT2D eigenvalue weighted by molar-refractivity contribution is 8.26. The maximum absolute atomic E-state index is 12.2. The van der Waals surface area contributed by atoms with Gasteiger partial charge in [-0.1, -0.05) is 30.0 Å². The SMILES string of the molecule is COc1cc(/C=C2/SC(=S)N(CCS(=O)(=O)[O-])C2=O)ccc1O. The lowest BCUT2D eigenvalue weighted by Crippen LogP contribution is -2.32. The van der Waals surface area contributed by atoms with E-state index >= 15 is 0 Å². The normalized spacial score (nSPS) is 17.1. The Labute approximate surface area is 142 Å². The first-order chi connectivity index (χ1) is 10.7. The summed E-state index contributed by atoms with van der Waals surface area (Å²) in [5, 5.41) is 9.54. The van der Waals surface area contributed by atoms with Gasteiger partial charge in [0.05, 0.1) is 27.9 Å². The highest BCUT2D eigenvalue weighted by atomic mass is 32.2. The average Bonchev–Trinajstić information content (AvgIpc) is 2.72. The van der Waals surface area contributed by atoms with Gasteiger partial charge < -0.3 is 14.4 Å². The number of ether oxygens (including phenoxy) is 1. The maximum atomic E-state index is 12.2. The van der Waals surface area contributed by atoms with Crippen molar-refractivity contribution in [2.75, 3.05) is 19.4 Å². The second-order valence-electron chi connectivity index (χ2n) is 4.53. The molecule has 1 saturated heterocycles. The minimum absolute atomic E-state index is 0.0298. The van der Waals surface area contributed by atoms with Crippen LogP contribution in [0.25, 0.3) is 6.08 Å². The monoisotopic (exact) mass is 374 g/mol. The summed E-state index contributed by atoms with van der Waals surface area (Å²) in [6.07, 6.45) is 1.55. The molecule has 10 heteroatoms. The molecular weight excluding hydrogens is 362 g/mol. The number of amides is 1. The molecule has 1 aliphatic heterocycles. The van der Waals surface area contributed by atoms with Crippen LogP contribution in [0.2, 0.25) is 0 Å². The molecule has 1 N–H and O–H groups in total. The predicted molar refractivity (Wildman–Crippen MR) is 89.1 cm³/mol. The Hall–Kier alpha value is -1.62. The molecule has 0 aliphatic carbocycles. The predicted octanol–water partition coefficient (Wildman–Crippen LogP) is 1.15. The molecule has 0 saturated carbocycles. The molecule has 0 bridgehead atoms. The van der Waals surface area contributed by atoms with Gasteiger partial charge in [0, 0.05) is 6.54 Å². The second kappa shape index (κ2) is 6.87. The lowest BCUT2D eigenvalue weighted by atomic mass is 10.2. The molecule has 0 radical (unpaired) electrons. The molecule has 1 aliphatic rings. The van der Waals surface area contributed by atoms with E-state index < -0.39 is 21.8 Å². The van der Waals surface area contributed by atoms with Gasteiger partial charge in [0.25, 0.3) is 5.91 Å². The summed E-state index contributed by atoms with van der Waals surface area (Å²) in [7, 11) is -3.02. The van der Waals surface area contributed by atoms with Crippen LogP contribution in [0.5, 0.6) is 11.5 Å². The summed E-state index contributed by atoms with van der Waals surface area (Å²) in [5.74, 6) is -0.931. The minimum atomic E-state index is -4.43. The zero-order valence-electron chi connectivity index (χ0n) is 11.9. The Morgan fingerprint density at radius 2 is 2.17 bits per heavy atom.